The van der Waals surface area contributed by atoms with Crippen molar-refractivity contribution in [1.29, 1.82) is 5.26 Å². The van der Waals surface area contributed by atoms with E-state index in [9.17, 15) is 10.1 Å². The molecular weight excluding hydrogens is 222 g/mol. The SMILES string of the molecule is Cc1ccc([C@H]2CC(=O)[C@]2(C#N)C(C)(C)C)cc1. The molecule has 0 unspecified atom stereocenters. The van der Waals surface area contributed by atoms with Crippen molar-refractivity contribution in [3.63, 3.8) is 0 Å². The van der Waals surface area contributed by atoms with E-state index in [0.717, 1.165) is 5.56 Å². The zero-order chi connectivity index (χ0) is 13.6. The molecule has 0 aromatic heterocycles. The van der Waals surface area contributed by atoms with Gasteiger partial charge in [0.25, 0.3) is 0 Å². The molecule has 0 aliphatic heterocycles. The molecule has 0 amide bonds. The van der Waals surface area contributed by atoms with E-state index in [1.165, 1.54) is 5.56 Å². The minimum atomic E-state index is -0.859. The van der Waals surface area contributed by atoms with Crippen LogP contribution in [-0.4, -0.2) is 5.78 Å². The molecule has 1 aliphatic rings. The molecular formula is C16H19NO. The van der Waals surface area contributed by atoms with Gasteiger partial charge in [0, 0.05) is 12.3 Å². The normalized spacial score (nSPS) is 27.5. The van der Waals surface area contributed by atoms with E-state index in [4.69, 9.17) is 0 Å². The summed E-state index contributed by atoms with van der Waals surface area (Å²) in [5.74, 6) is 0.124. The lowest BCUT2D eigenvalue weighted by Gasteiger charge is -2.51. The zero-order valence-corrected chi connectivity index (χ0v) is 11.4. The van der Waals surface area contributed by atoms with E-state index in [2.05, 4.69) is 6.07 Å². The molecule has 2 nitrogen and oxygen atoms in total. The second-order valence-corrected chi connectivity index (χ2v) is 6.26. The van der Waals surface area contributed by atoms with Crippen LogP contribution in [0.3, 0.4) is 0 Å². The van der Waals surface area contributed by atoms with Gasteiger partial charge in [0.1, 0.15) is 5.41 Å². The van der Waals surface area contributed by atoms with E-state index in [0.29, 0.717) is 6.42 Å². The maximum absolute atomic E-state index is 12.1. The Morgan fingerprint density at radius 3 is 2.22 bits per heavy atom. The largest absolute Gasteiger partial charge is 0.298 e. The second kappa shape index (κ2) is 3.95. The molecule has 1 aromatic carbocycles. The molecule has 1 aromatic rings. The molecule has 1 aliphatic carbocycles. The molecule has 18 heavy (non-hydrogen) atoms. The predicted octanol–water partition coefficient (Wildman–Crippen LogP) is 3.61. The lowest BCUT2D eigenvalue weighted by atomic mass is 9.47. The van der Waals surface area contributed by atoms with Gasteiger partial charge in [-0.2, -0.15) is 5.26 Å². The quantitative estimate of drug-likeness (QED) is 0.753. The number of carbonyl (C=O) groups excluding carboxylic acids is 1. The Morgan fingerprint density at radius 2 is 1.83 bits per heavy atom. The Labute approximate surface area is 109 Å². The first-order valence-corrected chi connectivity index (χ1v) is 6.34. The maximum Gasteiger partial charge on any atom is 0.154 e. The number of rotatable bonds is 1. The molecule has 2 heteroatoms. The first kappa shape index (κ1) is 12.8. The average molecular weight is 241 g/mol. The standard InChI is InChI=1S/C16H19NO/c1-11-5-7-12(8-6-11)13-9-14(18)16(13,10-17)15(2,3)4/h5-8,13H,9H2,1-4H3/t13-,16-/m1/s1. The van der Waals surface area contributed by atoms with Gasteiger partial charge < -0.3 is 0 Å². The third-order valence-corrected chi connectivity index (χ3v) is 4.19. The monoisotopic (exact) mass is 241 g/mol. The van der Waals surface area contributed by atoms with E-state index >= 15 is 0 Å². The van der Waals surface area contributed by atoms with Gasteiger partial charge in [-0.25, -0.2) is 0 Å². The van der Waals surface area contributed by atoms with Gasteiger partial charge in [-0.15, -0.1) is 0 Å². The summed E-state index contributed by atoms with van der Waals surface area (Å²) in [7, 11) is 0. The molecule has 1 saturated carbocycles. The van der Waals surface area contributed by atoms with Crippen LogP contribution in [-0.2, 0) is 4.79 Å². The van der Waals surface area contributed by atoms with Crippen LogP contribution >= 0.6 is 0 Å². The highest BCUT2D eigenvalue weighted by Gasteiger charge is 2.62. The number of benzene rings is 1. The fourth-order valence-electron chi connectivity index (χ4n) is 2.98. The van der Waals surface area contributed by atoms with Crippen molar-refractivity contribution in [3.05, 3.63) is 35.4 Å². The van der Waals surface area contributed by atoms with Crippen LogP contribution in [0.4, 0.5) is 0 Å². The van der Waals surface area contributed by atoms with Crippen LogP contribution in [0.25, 0.3) is 0 Å². The number of Topliss-reactive ketones (excluding diaryl/α,β-unsaturated/α-hetero) is 1. The third kappa shape index (κ3) is 1.58. The van der Waals surface area contributed by atoms with Gasteiger partial charge in [-0.1, -0.05) is 50.6 Å². The first-order valence-electron chi connectivity index (χ1n) is 6.34. The van der Waals surface area contributed by atoms with Gasteiger partial charge in [0.2, 0.25) is 0 Å². The number of ketones is 1. The van der Waals surface area contributed by atoms with E-state index in [1.54, 1.807) is 0 Å². The fourth-order valence-corrected chi connectivity index (χ4v) is 2.98. The number of hydrogen-bond donors (Lipinski definition) is 0. The minimum absolute atomic E-state index is 0.0376. The highest BCUT2D eigenvalue weighted by Crippen LogP contribution is 2.59. The topological polar surface area (TPSA) is 40.9 Å². The van der Waals surface area contributed by atoms with Crippen molar-refractivity contribution >= 4 is 5.78 Å². The Balaban J connectivity index is 2.45. The number of nitriles is 1. The van der Waals surface area contributed by atoms with Crippen molar-refractivity contribution in [3.8, 4) is 6.07 Å². The Hall–Kier alpha value is -1.62. The van der Waals surface area contributed by atoms with Gasteiger partial charge in [-0.05, 0) is 17.9 Å². The summed E-state index contributed by atoms with van der Waals surface area (Å²) in [5.41, 5.74) is 1.12. The van der Waals surface area contributed by atoms with Crippen LogP contribution in [0.15, 0.2) is 24.3 Å². The number of aryl methyl sites for hydroxylation is 1. The van der Waals surface area contributed by atoms with Crippen LogP contribution in [0.5, 0.6) is 0 Å². The summed E-state index contributed by atoms with van der Waals surface area (Å²) in [5, 5.41) is 9.56. The molecule has 0 radical (unpaired) electrons. The van der Waals surface area contributed by atoms with E-state index in [-0.39, 0.29) is 17.1 Å². The zero-order valence-electron chi connectivity index (χ0n) is 11.4. The summed E-state index contributed by atoms with van der Waals surface area (Å²) in [6.45, 7) is 7.98. The molecule has 0 saturated heterocycles. The van der Waals surface area contributed by atoms with Crippen LogP contribution < -0.4 is 0 Å². The third-order valence-electron chi connectivity index (χ3n) is 4.19. The molecule has 2 rings (SSSR count). The van der Waals surface area contributed by atoms with Gasteiger partial charge in [0.15, 0.2) is 5.78 Å². The fraction of sp³-hybridized carbons (Fsp3) is 0.500. The lowest BCUT2D eigenvalue weighted by molar-refractivity contribution is -0.144. The molecule has 0 heterocycles. The van der Waals surface area contributed by atoms with Crippen LogP contribution in [0, 0.1) is 29.1 Å². The van der Waals surface area contributed by atoms with Crippen LogP contribution in [0.2, 0.25) is 0 Å². The van der Waals surface area contributed by atoms with E-state index in [1.807, 2.05) is 52.0 Å². The summed E-state index contributed by atoms with van der Waals surface area (Å²) >= 11 is 0. The van der Waals surface area contributed by atoms with Crippen molar-refractivity contribution in [2.45, 2.75) is 40.0 Å². The number of carbonyl (C=O) groups is 1. The molecule has 2 atom stereocenters. The summed E-state index contributed by atoms with van der Waals surface area (Å²) in [6.07, 6.45) is 0.494. The van der Waals surface area contributed by atoms with E-state index < -0.39 is 5.41 Å². The Bertz CT molecular complexity index is 516. The molecule has 0 bridgehead atoms. The summed E-state index contributed by atoms with van der Waals surface area (Å²) < 4.78 is 0. The van der Waals surface area contributed by atoms with Gasteiger partial charge in [-0.3, -0.25) is 4.79 Å². The van der Waals surface area contributed by atoms with Gasteiger partial charge >= 0.3 is 0 Å². The second-order valence-electron chi connectivity index (χ2n) is 6.26. The van der Waals surface area contributed by atoms with Crippen molar-refractivity contribution < 1.29 is 4.79 Å². The predicted molar refractivity (Wildman–Crippen MR) is 71.0 cm³/mol. The van der Waals surface area contributed by atoms with Crippen molar-refractivity contribution in [2.24, 2.45) is 10.8 Å². The smallest absolute Gasteiger partial charge is 0.154 e. The molecule has 1 fully saturated rings. The Kier molecular flexibility index (Phi) is 2.81. The summed E-state index contributed by atoms with van der Waals surface area (Å²) in [4.78, 5) is 12.1. The molecule has 0 spiro atoms. The average Bonchev–Trinajstić information content (AvgIpc) is 2.26. The minimum Gasteiger partial charge on any atom is -0.298 e. The van der Waals surface area contributed by atoms with Crippen LogP contribution in [0.1, 0.15) is 44.2 Å². The highest BCUT2D eigenvalue weighted by atomic mass is 16.1. The highest BCUT2D eigenvalue weighted by molar-refractivity contribution is 5.96. The summed E-state index contributed by atoms with van der Waals surface area (Å²) in [6, 6.07) is 10.5. The van der Waals surface area contributed by atoms with Crippen molar-refractivity contribution in [2.75, 3.05) is 0 Å². The van der Waals surface area contributed by atoms with Crippen molar-refractivity contribution in [1.82, 2.24) is 0 Å². The molecule has 0 N–H and O–H groups in total. The lowest BCUT2D eigenvalue weighted by Crippen LogP contribution is -2.55. The first-order chi connectivity index (χ1) is 8.33. The Morgan fingerprint density at radius 1 is 1.28 bits per heavy atom. The molecule has 94 valence electrons. The maximum atomic E-state index is 12.1. The number of nitrogens with zero attached hydrogens (tertiary/aromatic N) is 1. The van der Waals surface area contributed by atoms with Gasteiger partial charge in [0.05, 0.1) is 6.07 Å². The number of hydrogen-bond acceptors (Lipinski definition) is 2.